The van der Waals surface area contributed by atoms with Crippen LogP contribution in [0.5, 0.6) is 0 Å². The van der Waals surface area contributed by atoms with Gasteiger partial charge in [0.25, 0.3) is 5.91 Å². The van der Waals surface area contributed by atoms with E-state index >= 15 is 0 Å². The molecule has 21 heavy (non-hydrogen) atoms. The number of benzene rings is 1. The standard InChI is InChI=1S/C12H10F2N4O3/c1-2-6-5-15-17-11(6)16-12(19)7-3-9(14)10(18(20)21)4-8(7)13/h3-5H,2H2,1H3,(H2,15,16,17,19). The fourth-order valence-corrected chi connectivity index (χ4v) is 1.72. The van der Waals surface area contributed by atoms with Crippen LogP contribution in [0.25, 0.3) is 0 Å². The van der Waals surface area contributed by atoms with E-state index in [0.29, 0.717) is 24.1 Å². The molecule has 0 bridgehead atoms. The first kappa shape index (κ1) is 14.6. The number of nitrogens with one attached hydrogen (secondary N) is 2. The van der Waals surface area contributed by atoms with Crippen molar-refractivity contribution in [1.82, 2.24) is 10.2 Å². The van der Waals surface area contributed by atoms with Crippen molar-refractivity contribution in [2.45, 2.75) is 13.3 Å². The number of halogens is 2. The molecule has 0 aliphatic rings. The van der Waals surface area contributed by atoms with Crippen molar-refractivity contribution in [2.75, 3.05) is 5.32 Å². The van der Waals surface area contributed by atoms with Crippen molar-refractivity contribution in [2.24, 2.45) is 0 Å². The molecule has 7 nitrogen and oxygen atoms in total. The van der Waals surface area contributed by atoms with Crippen LogP contribution >= 0.6 is 0 Å². The monoisotopic (exact) mass is 296 g/mol. The zero-order valence-corrected chi connectivity index (χ0v) is 10.8. The molecule has 0 saturated heterocycles. The number of carbonyl (C=O) groups is 1. The van der Waals surface area contributed by atoms with Crippen LogP contribution in [0.1, 0.15) is 22.8 Å². The molecule has 0 spiro atoms. The molecular weight excluding hydrogens is 286 g/mol. The number of amides is 1. The average molecular weight is 296 g/mol. The summed E-state index contributed by atoms with van der Waals surface area (Å²) in [7, 11) is 0. The lowest BCUT2D eigenvalue weighted by Gasteiger charge is -2.06. The van der Waals surface area contributed by atoms with Crippen molar-refractivity contribution in [3.63, 3.8) is 0 Å². The van der Waals surface area contributed by atoms with E-state index in [0.717, 1.165) is 0 Å². The molecule has 2 N–H and O–H groups in total. The van der Waals surface area contributed by atoms with Gasteiger partial charge in [0.1, 0.15) is 11.6 Å². The van der Waals surface area contributed by atoms with Crippen LogP contribution in [0.3, 0.4) is 0 Å². The summed E-state index contributed by atoms with van der Waals surface area (Å²) in [6.45, 7) is 1.83. The third-order valence-corrected chi connectivity index (χ3v) is 2.82. The largest absolute Gasteiger partial charge is 0.307 e. The number of carbonyl (C=O) groups excluding carboxylic acids is 1. The lowest BCUT2D eigenvalue weighted by Crippen LogP contribution is -2.16. The molecule has 0 fully saturated rings. The van der Waals surface area contributed by atoms with Crippen molar-refractivity contribution >= 4 is 17.4 Å². The van der Waals surface area contributed by atoms with Crippen LogP contribution in [0.4, 0.5) is 20.3 Å². The quantitative estimate of drug-likeness (QED) is 0.668. The highest BCUT2D eigenvalue weighted by atomic mass is 19.1. The Bertz CT molecular complexity index is 715. The van der Waals surface area contributed by atoms with Crippen LogP contribution in [0.15, 0.2) is 18.3 Å². The summed E-state index contributed by atoms with van der Waals surface area (Å²) in [6.07, 6.45) is 2.06. The second kappa shape index (κ2) is 5.65. The average Bonchev–Trinajstić information content (AvgIpc) is 2.87. The van der Waals surface area contributed by atoms with Gasteiger partial charge in [0.05, 0.1) is 22.7 Å². The third kappa shape index (κ3) is 2.86. The first-order valence-electron chi connectivity index (χ1n) is 5.91. The van der Waals surface area contributed by atoms with Gasteiger partial charge in [-0.25, -0.2) is 4.39 Å². The Labute approximate surface area is 117 Å². The van der Waals surface area contributed by atoms with Crippen LogP contribution in [-0.2, 0) is 6.42 Å². The fourth-order valence-electron chi connectivity index (χ4n) is 1.72. The molecule has 9 heteroatoms. The molecule has 0 aliphatic heterocycles. The Kier molecular flexibility index (Phi) is 3.92. The number of anilines is 1. The summed E-state index contributed by atoms with van der Waals surface area (Å²) < 4.78 is 27.2. The summed E-state index contributed by atoms with van der Waals surface area (Å²) >= 11 is 0. The van der Waals surface area contributed by atoms with E-state index < -0.39 is 33.7 Å². The number of nitro benzene ring substituents is 1. The Hall–Kier alpha value is -2.84. The zero-order chi connectivity index (χ0) is 15.6. The number of aromatic amines is 1. The first-order chi connectivity index (χ1) is 9.93. The molecule has 110 valence electrons. The number of nitrogens with zero attached hydrogens (tertiary/aromatic N) is 2. The second-order valence-corrected chi connectivity index (χ2v) is 4.12. The number of hydrogen-bond acceptors (Lipinski definition) is 4. The summed E-state index contributed by atoms with van der Waals surface area (Å²) in [4.78, 5) is 21.3. The zero-order valence-electron chi connectivity index (χ0n) is 10.8. The third-order valence-electron chi connectivity index (χ3n) is 2.82. The van der Waals surface area contributed by atoms with Gasteiger partial charge in [-0.1, -0.05) is 6.92 Å². The normalized spacial score (nSPS) is 10.4. The maximum Gasteiger partial charge on any atom is 0.307 e. The minimum Gasteiger partial charge on any atom is -0.307 e. The number of rotatable bonds is 4. The summed E-state index contributed by atoms with van der Waals surface area (Å²) in [5.74, 6) is -3.13. The van der Waals surface area contributed by atoms with Gasteiger partial charge < -0.3 is 5.32 Å². The van der Waals surface area contributed by atoms with Crippen LogP contribution < -0.4 is 5.32 Å². The van der Waals surface area contributed by atoms with Gasteiger partial charge in [0.15, 0.2) is 0 Å². The summed E-state index contributed by atoms with van der Waals surface area (Å²) in [5, 5.41) is 19.1. The molecule has 1 amide bonds. The molecule has 1 aromatic carbocycles. The van der Waals surface area contributed by atoms with Gasteiger partial charge in [-0.15, -0.1) is 0 Å². The van der Waals surface area contributed by atoms with Gasteiger partial charge in [0, 0.05) is 5.56 Å². The molecular formula is C12H10F2N4O3. The number of hydrogen-bond donors (Lipinski definition) is 2. The molecule has 0 aliphatic carbocycles. The van der Waals surface area contributed by atoms with Crippen molar-refractivity contribution < 1.29 is 18.5 Å². The van der Waals surface area contributed by atoms with E-state index in [1.807, 2.05) is 6.92 Å². The SMILES string of the molecule is CCc1cn[nH]c1NC(=O)c1cc(F)c([N+](=O)[O-])cc1F. The summed E-state index contributed by atoms with van der Waals surface area (Å²) in [6, 6.07) is 0.864. The number of H-pyrrole nitrogens is 1. The van der Waals surface area contributed by atoms with Crippen LogP contribution in [-0.4, -0.2) is 21.0 Å². The molecule has 1 aromatic heterocycles. The first-order valence-corrected chi connectivity index (χ1v) is 5.91. The summed E-state index contributed by atoms with van der Waals surface area (Å²) in [5.41, 5.74) is -0.972. The van der Waals surface area contributed by atoms with Gasteiger partial charge in [0.2, 0.25) is 5.82 Å². The van der Waals surface area contributed by atoms with E-state index in [9.17, 15) is 23.7 Å². The Balaban J connectivity index is 2.32. The molecule has 1 heterocycles. The van der Waals surface area contributed by atoms with E-state index in [2.05, 4.69) is 15.5 Å². The van der Waals surface area contributed by atoms with Crippen LogP contribution in [0, 0.1) is 21.7 Å². The van der Waals surface area contributed by atoms with Gasteiger partial charge in [-0.3, -0.25) is 20.0 Å². The number of nitro groups is 1. The van der Waals surface area contributed by atoms with Crippen molar-refractivity contribution in [3.05, 3.63) is 51.2 Å². The van der Waals surface area contributed by atoms with Crippen molar-refractivity contribution in [1.29, 1.82) is 0 Å². The highest BCUT2D eigenvalue weighted by Gasteiger charge is 2.22. The molecule has 0 atom stereocenters. The van der Waals surface area contributed by atoms with Crippen molar-refractivity contribution in [3.8, 4) is 0 Å². The number of aryl methyl sites for hydroxylation is 1. The van der Waals surface area contributed by atoms with E-state index in [-0.39, 0.29) is 5.82 Å². The lowest BCUT2D eigenvalue weighted by atomic mass is 10.1. The number of aromatic nitrogens is 2. The van der Waals surface area contributed by atoms with Crippen LogP contribution in [0.2, 0.25) is 0 Å². The minimum atomic E-state index is -1.29. The molecule has 0 unspecified atom stereocenters. The maximum absolute atomic E-state index is 13.7. The Morgan fingerprint density at radius 2 is 2.14 bits per heavy atom. The van der Waals surface area contributed by atoms with Gasteiger partial charge in [-0.2, -0.15) is 9.49 Å². The fraction of sp³-hybridized carbons (Fsp3) is 0.167. The molecule has 0 saturated carbocycles. The lowest BCUT2D eigenvalue weighted by molar-refractivity contribution is -0.387. The minimum absolute atomic E-state index is 0.265. The Morgan fingerprint density at radius 1 is 1.43 bits per heavy atom. The highest BCUT2D eigenvalue weighted by Crippen LogP contribution is 2.22. The molecule has 2 aromatic rings. The van der Waals surface area contributed by atoms with Gasteiger partial charge in [-0.05, 0) is 12.5 Å². The van der Waals surface area contributed by atoms with E-state index in [1.165, 1.54) is 6.20 Å². The Morgan fingerprint density at radius 3 is 2.76 bits per heavy atom. The smallest absolute Gasteiger partial charge is 0.307 e. The van der Waals surface area contributed by atoms with Gasteiger partial charge >= 0.3 is 5.69 Å². The predicted octanol–water partition coefficient (Wildman–Crippen LogP) is 2.41. The maximum atomic E-state index is 13.7. The second-order valence-electron chi connectivity index (χ2n) is 4.12. The molecule has 0 radical (unpaired) electrons. The highest BCUT2D eigenvalue weighted by molar-refractivity contribution is 6.04. The topological polar surface area (TPSA) is 101 Å². The molecule has 2 rings (SSSR count). The predicted molar refractivity (Wildman–Crippen MR) is 68.9 cm³/mol. The van der Waals surface area contributed by atoms with E-state index in [4.69, 9.17) is 0 Å². The van der Waals surface area contributed by atoms with E-state index in [1.54, 1.807) is 0 Å².